The van der Waals surface area contributed by atoms with Crippen LogP contribution in [0.3, 0.4) is 0 Å². The molecule has 1 atom stereocenters. The fourth-order valence-electron chi connectivity index (χ4n) is 2.68. The Bertz CT molecular complexity index is 440. The van der Waals surface area contributed by atoms with E-state index in [1.54, 1.807) is 0 Å². The van der Waals surface area contributed by atoms with Crippen molar-refractivity contribution in [3.05, 3.63) is 26.6 Å². The van der Waals surface area contributed by atoms with Crippen LogP contribution in [-0.4, -0.2) is 31.1 Å². The minimum atomic E-state index is 0. The van der Waals surface area contributed by atoms with Crippen LogP contribution in [0.2, 0.25) is 0 Å². The Hall–Kier alpha value is 0.480. The second-order valence-corrected chi connectivity index (χ2v) is 6.75. The van der Waals surface area contributed by atoms with E-state index in [0.29, 0.717) is 6.04 Å². The van der Waals surface area contributed by atoms with Crippen LogP contribution in [0.15, 0.2) is 21.1 Å². The zero-order valence-electron chi connectivity index (χ0n) is 12.1. The Morgan fingerprint density at radius 3 is 2.43 bits per heavy atom. The molecular formula is C14H23Br2Cl2N3. The predicted molar refractivity (Wildman–Crippen MR) is 103 cm³/mol. The molecule has 0 aromatic heterocycles. The Labute approximate surface area is 156 Å². The van der Waals surface area contributed by atoms with Gasteiger partial charge in [0.25, 0.3) is 0 Å². The van der Waals surface area contributed by atoms with Crippen molar-refractivity contribution in [1.29, 1.82) is 0 Å². The molecule has 2 rings (SSSR count). The average Bonchev–Trinajstić information content (AvgIpc) is 2.41. The zero-order chi connectivity index (χ0) is 13.8. The van der Waals surface area contributed by atoms with Gasteiger partial charge in [-0.2, -0.15) is 0 Å². The normalized spacial score (nSPS) is 16.7. The quantitative estimate of drug-likeness (QED) is 0.651. The maximum atomic E-state index is 6.28. The van der Waals surface area contributed by atoms with Gasteiger partial charge in [0.05, 0.1) is 5.69 Å². The van der Waals surface area contributed by atoms with Crippen molar-refractivity contribution in [3.63, 3.8) is 0 Å². The van der Waals surface area contributed by atoms with Crippen LogP contribution in [0.1, 0.15) is 31.4 Å². The second kappa shape index (κ2) is 10.3. The lowest BCUT2D eigenvalue weighted by atomic mass is 9.98. The van der Waals surface area contributed by atoms with Crippen molar-refractivity contribution in [2.75, 3.05) is 31.9 Å². The van der Waals surface area contributed by atoms with E-state index >= 15 is 0 Å². The van der Waals surface area contributed by atoms with E-state index in [1.807, 2.05) is 6.07 Å². The van der Waals surface area contributed by atoms with Gasteiger partial charge in [0, 0.05) is 41.2 Å². The van der Waals surface area contributed by atoms with E-state index in [-0.39, 0.29) is 24.8 Å². The van der Waals surface area contributed by atoms with E-state index in [2.05, 4.69) is 55.1 Å². The minimum absolute atomic E-state index is 0. The lowest BCUT2D eigenvalue weighted by Crippen LogP contribution is -2.45. The Morgan fingerprint density at radius 1 is 1.24 bits per heavy atom. The first-order valence-electron chi connectivity index (χ1n) is 6.82. The summed E-state index contributed by atoms with van der Waals surface area (Å²) in [7, 11) is 0. The Balaban J connectivity index is 0.00000200. The number of nitrogens with two attached hydrogens (primary N) is 1. The fourth-order valence-corrected chi connectivity index (χ4v) is 3.94. The number of piperazine rings is 1. The number of rotatable bonds is 4. The van der Waals surface area contributed by atoms with E-state index in [0.717, 1.165) is 53.7 Å². The first-order chi connectivity index (χ1) is 9.13. The fraction of sp³-hybridized carbons (Fsp3) is 0.571. The topological polar surface area (TPSA) is 41.3 Å². The van der Waals surface area contributed by atoms with Gasteiger partial charge in [-0.3, -0.25) is 4.90 Å². The summed E-state index contributed by atoms with van der Waals surface area (Å²) in [6.07, 6.45) is 2.31. The van der Waals surface area contributed by atoms with Crippen molar-refractivity contribution >= 4 is 62.4 Å². The third-order valence-electron chi connectivity index (χ3n) is 3.64. The molecule has 1 aliphatic rings. The number of nitrogens with one attached hydrogen (secondary N) is 1. The maximum absolute atomic E-state index is 6.28. The number of anilines is 1. The van der Waals surface area contributed by atoms with Crippen LogP contribution in [0.25, 0.3) is 0 Å². The summed E-state index contributed by atoms with van der Waals surface area (Å²) in [6.45, 7) is 6.55. The highest BCUT2D eigenvalue weighted by Crippen LogP contribution is 2.36. The minimum Gasteiger partial charge on any atom is -0.398 e. The summed E-state index contributed by atoms with van der Waals surface area (Å²) in [5.41, 5.74) is 8.40. The second-order valence-electron chi connectivity index (χ2n) is 4.98. The average molecular weight is 464 g/mol. The lowest BCUT2D eigenvalue weighted by molar-refractivity contribution is 0.165. The van der Waals surface area contributed by atoms with E-state index in [1.165, 1.54) is 5.56 Å². The molecule has 0 saturated carbocycles. The molecule has 122 valence electrons. The molecule has 0 spiro atoms. The number of nitrogen functional groups attached to an aromatic ring is 1. The summed E-state index contributed by atoms with van der Waals surface area (Å²) in [4.78, 5) is 2.55. The van der Waals surface area contributed by atoms with E-state index < -0.39 is 0 Å². The van der Waals surface area contributed by atoms with Crippen molar-refractivity contribution in [2.24, 2.45) is 0 Å². The van der Waals surface area contributed by atoms with Crippen LogP contribution >= 0.6 is 56.7 Å². The molecule has 3 N–H and O–H groups in total. The molecule has 1 fully saturated rings. The first kappa shape index (κ1) is 21.5. The van der Waals surface area contributed by atoms with Crippen LogP contribution in [0.4, 0.5) is 5.69 Å². The number of hydrogen-bond acceptors (Lipinski definition) is 3. The molecular weight excluding hydrogens is 441 g/mol. The highest BCUT2D eigenvalue weighted by Gasteiger charge is 2.24. The largest absolute Gasteiger partial charge is 0.398 e. The predicted octanol–water partition coefficient (Wildman–Crippen LogP) is 4.38. The summed E-state index contributed by atoms with van der Waals surface area (Å²) in [5, 5.41) is 3.41. The van der Waals surface area contributed by atoms with Gasteiger partial charge in [-0.1, -0.05) is 29.3 Å². The molecule has 7 heteroatoms. The van der Waals surface area contributed by atoms with Gasteiger partial charge in [-0.15, -0.1) is 24.8 Å². The van der Waals surface area contributed by atoms with Gasteiger partial charge in [0.2, 0.25) is 0 Å². The van der Waals surface area contributed by atoms with E-state index in [4.69, 9.17) is 5.73 Å². The molecule has 0 radical (unpaired) electrons. The van der Waals surface area contributed by atoms with Crippen LogP contribution in [0, 0.1) is 0 Å². The molecule has 21 heavy (non-hydrogen) atoms. The Morgan fingerprint density at radius 2 is 1.86 bits per heavy atom. The lowest BCUT2D eigenvalue weighted by Gasteiger charge is -2.36. The third-order valence-corrected chi connectivity index (χ3v) is 4.75. The van der Waals surface area contributed by atoms with Crippen molar-refractivity contribution in [2.45, 2.75) is 25.8 Å². The smallest absolute Gasteiger partial charge is 0.0507 e. The van der Waals surface area contributed by atoms with E-state index in [9.17, 15) is 0 Å². The highest BCUT2D eigenvalue weighted by molar-refractivity contribution is 9.11. The number of halogens is 4. The van der Waals surface area contributed by atoms with Gasteiger partial charge in [-0.25, -0.2) is 0 Å². The van der Waals surface area contributed by atoms with Crippen LogP contribution < -0.4 is 11.1 Å². The monoisotopic (exact) mass is 461 g/mol. The third kappa shape index (κ3) is 5.56. The molecule has 0 unspecified atom stereocenters. The number of hydrogen-bond donors (Lipinski definition) is 2. The molecule has 1 aliphatic heterocycles. The van der Waals surface area contributed by atoms with Crippen LogP contribution in [-0.2, 0) is 0 Å². The SMILES string of the molecule is CCC[C@H](c1cc(Br)cc(Br)c1N)N1CCNCC1.Cl.Cl. The van der Waals surface area contributed by atoms with Gasteiger partial charge >= 0.3 is 0 Å². The first-order valence-corrected chi connectivity index (χ1v) is 8.41. The van der Waals surface area contributed by atoms with Crippen molar-refractivity contribution < 1.29 is 0 Å². The van der Waals surface area contributed by atoms with Gasteiger partial charge in [-0.05, 0) is 40.0 Å². The maximum Gasteiger partial charge on any atom is 0.0507 e. The van der Waals surface area contributed by atoms with Crippen molar-refractivity contribution in [3.8, 4) is 0 Å². The number of benzene rings is 1. The van der Waals surface area contributed by atoms with Crippen LogP contribution in [0.5, 0.6) is 0 Å². The zero-order valence-corrected chi connectivity index (χ0v) is 16.9. The molecule has 0 aliphatic carbocycles. The standard InChI is InChI=1S/C14H21Br2N3.2ClH/c1-2-3-13(19-6-4-18-5-7-19)11-8-10(15)9-12(16)14(11)17;;/h8-9,13,18H,2-7,17H2,1H3;2*1H/t13-;;/m1../s1. The summed E-state index contributed by atoms with van der Waals surface area (Å²) in [5.74, 6) is 0. The summed E-state index contributed by atoms with van der Waals surface area (Å²) >= 11 is 7.13. The number of nitrogens with zero attached hydrogens (tertiary/aromatic N) is 1. The van der Waals surface area contributed by atoms with Gasteiger partial charge in [0.1, 0.15) is 0 Å². The molecule has 1 aromatic rings. The van der Waals surface area contributed by atoms with Gasteiger partial charge in [0.15, 0.2) is 0 Å². The Kier molecular flexibility index (Phi) is 10.5. The summed E-state index contributed by atoms with van der Waals surface area (Å²) in [6, 6.07) is 4.60. The molecule has 1 saturated heterocycles. The van der Waals surface area contributed by atoms with Crippen molar-refractivity contribution in [1.82, 2.24) is 10.2 Å². The molecule has 3 nitrogen and oxygen atoms in total. The molecule has 1 heterocycles. The molecule has 1 aromatic carbocycles. The molecule has 0 amide bonds. The highest BCUT2D eigenvalue weighted by atomic mass is 79.9. The van der Waals surface area contributed by atoms with Gasteiger partial charge < -0.3 is 11.1 Å². The summed E-state index contributed by atoms with van der Waals surface area (Å²) < 4.78 is 2.06. The molecule has 0 bridgehead atoms.